The second-order valence-electron chi connectivity index (χ2n) is 4.09. The number of aromatic nitrogens is 1. The van der Waals surface area contributed by atoms with Gasteiger partial charge in [-0.1, -0.05) is 12.8 Å². The van der Waals surface area contributed by atoms with Gasteiger partial charge in [0.2, 0.25) is 0 Å². The number of carboxylic acids is 1. The number of carbonyl (C=O) groups is 1. The van der Waals surface area contributed by atoms with Crippen molar-refractivity contribution in [2.45, 2.75) is 31.7 Å². The van der Waals surface area contributed by atoms with Crippen LogP contribution in [-0.4, -0.2) is 34.0 Å². The van der Waals surface area contributed by atoms with E-state index in [1.54, 1.807) is 11.7 Å². The summed E-state index contributed by atoms with van der Waals surface area (Å²) in [5.74, 6) is -0.758. The molecule has 1 saturated heterocycles. The maximum absolute atomic E-state index is 11.3. The highest BCUT2D eigenvalue weighted by Gasteiger charge is 2.28. The molecule has 1 fully saturated rings. The molecule has 4 nitrogen and oxygen atoms in total. The molecule has 1 N–H and O–H groups in total. The Bertz CT molecular complexity index is 332. The zero-order valence-electron chi connectivity index (χ0n) is 9.13. The minimum Gasteiger partial charge on any atom is -0.480 e. The number of hydrogen-bond donors (Lipinski definition) is 1. The van der Waals surface area contributed by atoms with Crippen molar-refractivity contribution in [2.24, 2.45) is 0 Å². The van der Waals surface area contributed by atoms with Gasteiger partial charge in [-0.25, -0.2) is 0 Å². The van der Waals surface area contributed by atoms with Gasteiger partial charge in [0.1, 0.15) is 6.04 Å². The van der Waals surface area contributed by atoms with Crippen LogP contribution in [0.3, 0.4) is 0 Å². The van der Waals surface area contributed by atoms with Crippen molar-refractivity contribution in [1.29, 1.82) is 0 Å². The maximum Gasteiger partial charge on any atom is 0.326 e. The zero-order chi connectivity index (χ0) is 11.4. The SMILES string of the molecule is O=C(O)C(c1cncs1)N1CCCCCC1. The third-order valence-corrected chi connectivity index (χ3v) is 3.79. The molecule has 2 rings (SSSR count). The lowest BCUT2D eigenvalue weighted by molar-refractivity contribution is -0.143. The van der Waals surface area contributed by atoms with Crippen molar-refractivity contribution in [3.05, 3.63) is 16.6 Å². The number of thiazole rings is 1. The summed E-state index contributed by atoms with van der Waals surface area (Å²) in [5, 5.41) is 9.33. The number of carboxylic acid groups (broad SMARTS) is 1. The monoisotopic (exact) mass is 240 g/mol. The van der Waals surface area contributed by atoms with Crippen LogP contribution in [-0.2, 0) is 4.79 Å². The summed E-state index contributed by atoms with van der Waals surface area (Å²) < 4.78 is 0. The Morgan fingerprint density at radius 2 is 2.06 bits per heavy atom. The molecule has 16 heavy (non-hydrogen) atoms. The molecular formula is C11H16N2O2S. The van der Waals surface area contributed by atoms with E-state index in [1.807, 2.05) is 0 Å². The van der Waals surface area contributed by atoms with Crippen LogP contribution in [0.2, 0.25) is 0 Å². The Balaban J connectivity index is 2.15. The van der Waals surface area contributed by atoms with Crippen molar-refractivity contribution in [3.63, 3.8) is 0 Å². The van der Waals surface area contributed by atoms with Crippen LogP contribution < -0.4 is 0 Å². The van der Waals surface area contributed by atoms with E-state index in [-0.39, 0.29) is 0 Å². The van der Waals surface area contributed by atoms with Gasteiger partial charge in [-0.3, -0.25) is 14.7 Å². The van der Waals surface area contributed by atoms with Gasteiger partial charge in [0.25, 0.3) is 0 Å². The maximum atomic E-state index is 11.3. The highest BCUT2D eigenvalue weighted by atomic mass is 32.1. The Hall–Kier alpha value is -0.940. The number of rotatable bonds is 3. The summed E-state index contributed by atoms with van der Waals surface area (Å²) in [4.78, 5) is 18.2. The average molecular weight is 240 g/mol. The van der Waals surface area contributed by atoms with E-state index in [2.05, 4.69) is 9.88 Å². The molecule has 1 aromatic heterocycles. The molecule has 0 spiro atoms. The molecule has 5 heteroatoms. The van der Waals surface area contributed by atoms with Gasteiger partial charge in [0.15, 0.2) is 0 Å². The van der Waals surface area contributed by atoms with E-state index in [1.165, 1.54) is 24.2 Å². The highest BCUT2D eigenvalue weighted by molar-refractivity contribution is 7.09. The summed E-state index contributed by atoms with van der Waals surface area (Å²) in [6.07, 6.45) is 6.30. The Kier molecular flexibility index (Phi) is 3.90. The Morgan fingerprint density at radius 1 is 1.38 bits per heavy atom. The summed E-state index contributed by atoms with van der Waals surface area (Å²) in [6, 6.07) is -0.495. The Labute approximate surface area is 98.9 Å². The van der Waals surface area contributed by atoms with Gasteiger partial charge in [-0.05, 0) is 25.9 Å². The first-order chi connectivity index (χ1) is 7.79. The lowest BCUT2D eigenvalue weighted by atomic mass is 10.2. The number of hydrogen-bond acceptors (Lipinski definition) is 4. The molecule has 0 saturated carbocycles. The molecule has 1 aliphatic heterocycles. The largest absolute Gasteiger partial charge is 0.480 e. The predicted molar refractivity (Wildman–Crippen MR) is 62.5 cm³/mol. The van der Waals surface area contributed by atoms with E-state index in [9.17, 15) is 9.90 Å². The van der Waals surface area contributed by atoms with Crippen LogP contribution in [0.25, 0.3) is 0 Å². The molecule has 1 unspecified atom stereocenters. The van der Waals surface area contributed by atoms with Crippen LogP contribution in [0.15, 0.2) is 11.7 Å². The van der Waals surface area contributed by atoms with Gasteiger partial charge in [-0.15, -0.1) is 11.3 Å². The minimum absolute atomic E-state index is 0.495. The molecule has 0 aromatic carbocycles. The number of nitrogens with zero attached hydrogens (tertiary/aromatic N) is 2. The fourth-order valence-electron chi connectivity index (χ4n) is 2.17. The lowest BCUT2D eigenvalue weighted by Crippen LogP contribution is -2.34. The third kappa shape index (κ3) is 2.59. The lowest BCUT2D eigenvalue weighted by Gasteiger charge is -2.26. The standard InChI is InChI=1S/C11H16N2O2S/c14-11(15)10(9-7-12-8-16-9)13-5-3-1-2-4-6-13/h7-8,10H,1-6H2,(H,14,15). The van der Waals surface area contributed by atoms with E-state index >= 15 is 0 Å². The van der Waals surface area contributed by atoms with Crippen LogP contribution in [0.1, 0.15) is 36.6 Å². The van der Waals surface area contributed by atoms with Gasteiger partial charge in [-0.2, -0.15) is 0 Å². The summed E-state index contributed by atoms with van der Waals surface area (Å²) in [5.41, 5.74) is 1.70. The molecule has 88 valence electrons. The molecule has 1 aliphatic rings. The van der Waals surface area contributed by atoms with E-state index < -0.39 is 12.0 Å². The molecule has 0 radical (unpaired) electrons. The average Bonchev–Trinajstić information content (AvgIpc) is 2.62. The van der Waals surface area contributed by atoms with Crippen LogP contribution in [0.5, 0.6) is 0 Å². The van der Waals surface area contributed by atoms with Gasteiger partial charge < -0.3 is 5.11 Å². The smallest absolute Gasteiger partial charge is 0.326 e. The zero-order valence-corrected chi connectivity index (χ0v) is 9.95. The normalized spacial score (nSPS) is 20.2. The molecular weight excluding hydrogens is 224 g/mol. The number of aliphatic carboxylic acids is 1. The quantitative estimate of drug-likeness (QED) is 0.879. The Morgan fingerprint density at radius 3 is 2.56 bits per heavy atom. The summed E-state index contributed by atoms with van der Waals surface area (Å²) in [7, 11) is 0. The fraction of sp³-hybridized carbons (Fsp3) is 0.636. The van der Waals surface area contributed by atoms with Crippen LogP contribution >= 0.6 is 11.3 Å². The number of likely N-dealkylation sites (tertiary alicyclic amines) is 1. The van der Waals surface area contributed by atoms with E-state index in [0.29, 0.717) is 0 Å². The highest BCUT2D eigenvalue weighted by Crippen LogP contribution is 2.26. The summed E-state index contributed by atoms with van der Waals surface area (Å²) in [6.45, 7) is 1.77. The van der Waals surface area contributed by atoms with Crippen molar-refractivity contribution in [3.8, 4) is 0 Å². The van der Waals surface area contributed by atoms with Gasteiger partial charge >= 0.3 is 5.97 Å². The first-order valence-corrected chi connectivity index (χ1v) is 6.52. The second-order valence-corrected chi connectivity index (χ2v) is 5.01. The van der Waals surface area contributed by atoms with Gasteiger partial charge in [0.05, 0.1) is 10.4 Å². The molecule has 0 amide bonds. The molecule has 0 aliphatic carbocycles. The van der Waals surface area contributed by atoms with E-state index in [0.717, 1.165) is 30.8 Å². The summed E-state index contributed by atoms with van der Waals surface area (Å²) >= 11 is 1.43. The second kappa shape index (κ2) is 5.41. The predicted octanol–water partition coefficient (Wildman–Crippen LogP) is 2.14. The molecule has 0 bridgehead atoms. The minimum atomic E-state index is -0.758. The molecule has 1 aromatic rings. The third-order valence-electron chi connectivity index (χ3n) is 2.96. The van der Waals surface area contributed by atoms with Crippen molar-refractivity contribution in [1.82, 2.24) is 9.88 Å². The fourth-order valence-corrected chi connectivity index (χ4v) is 2.92. The van der Waals surface area contributed by atoms with E-state index in [4.69, 9.17) is 0 Å². The van der Waals surface area contributed by atoms with Gasteiger partial charge in [0, 0.05) is 6.20 Å². The van der Waals surface area contributed by atoms with Crippen LogP contribution in [0, 0.1) is 0 Å². The van der Waals surface area contributed by atoms with Crippen molar-refractivity contribution < 1.29 is 9.90 Å². The molecule has 1 atom stereocenters. The van der Waals surface area contributed by atoms with Crippen LogP contribution in [0.4, 0.5) is 0 Å². The molecule has 2 heterocycles. The first kappa shape index (κ1) is 11.5. The topological polar surface area (TPSA) is 53.4 Å². The van der Waals surface area contributed by atoms with Crippen molar-refractivity contribution >= 4 is 17.3 Å². The first-order valence-electron chi connectivity index (χ1n) is 5.64. The van der Waals surface area contributed by atoms with Crippen molar-refractivity contribution in [2.75, 3.05) is 13.1 Å².